The highest BCUT2D eigenvalue weighted by Crippen LogP contribution is 2.22. The number of hydrogen-bond donors (Lipinski definition) is 0. The largest absolute Gasteiger partial charge is 0.463 e. The number of fused-ring (bicyclic) bond motifs is 1. The minimum Gasteiger partial charge on any atom is -0.463 e. The van der Waals surface area contributed by atoms with E-state index in [1.165, 1.54) is 6.08 Å². The molecule has 0 spiro atoms. The third kappa shape index (κ3) is 2.42. The van der Waals surface area contributed by atoms with Gasteiger partial charge in [-0.25, -0.2) is 4.79 Å². The summed E-state index contributed by atoms with van der Waals surface area (Å²) in [5, 5.41) is 0. The van der Waals surface area contributed by atoms with Crippen molar-refractivity contribution in [3.05, 3.63) is 41.0 Å². The average Bonchev–Trinajstić information content (AvgIpc) is 2.63. The van der Waals surface area contributed by atoms with E-state index in [0.29, 0.717) is 13.2 Å². The van der Waals surface area contributed by atoms with Crippen LogP contribution < -0.4 is 0 Å². The Hall–Kier alpha value is -2.10. The maximum atomic E-state index is 11.7. The van der Waals surface area contributed by atoms with Crippen LogP contribution in [-0.2, 0) is 16.1 Å². The van der Waals surface area contributed by atoms with Gasteiger partial charge < -0.3 is 9.64 Å². The molecule has 4 nitrogen and oxygen atoms in total. The number of carbonyl (C=O) groups is 2. The lowest BCUT2D eigenvalue weighted by atomic mass is 10.1. The van der Waals surface area contributed by atoms with Crippen LogP contribution >= 0.6 is 0 Å². The monoisotopic (exact) mass is 245 g/mol. The van der Waals surface area contributed by atoms with Crippen LogP contribution in [0.1, 0.15) is 28.4 Å². The van der Waals surface area contributed by atoms with Gasteiger partial charge in [-0.15, -0.1) is 0 Å². The Balaban J connectivity index is 2.16. The van der Waals surface area contributed by atoms with Crippen molar-refractivity contribution in [3.8, 4) is 0 Å². The van der Waals surface area contributed by atoms with Crippen LogP contribution in [0.5, 0.6) is 0 Å². The Bertz CT molecular complexity index is 520. The second-order valence-electron chi connectivity index (χ2n) is 4.16. The van der Waals surface area contributed by atoms with Gasteiger partial charge in [-0.3, -0.25) is 4.79 Å². The minimum absolute atomic E-state index is 0.0472. The van der Waals surface area contributed by atoms with Crippen molar-refractivity contribution >= 4 is 18.0 Å². The van der Waals surface area contributed by atoms with Crippen LogP contribution in [0.3, 0.4) is 0 Å². The Kier molecular flexibility index (Phi) is 3.46. The number of nitrogens with zero attached hydrogens (tertiary/aromatic N) is 1. The summed E-state index contributed by atoms with van der Waals surface area (Å²) in [5.74, 6) is -0.308. The molecule has 0 aliphatic carbocycles. The van der Waals surface area contributed by atoms with E-state index in [0.717, 1.165) is 16.7 Å². The number of carbonyl (C=O) groups excluding carboxylic acids is 2. The molecule has 1 heterocycles. The smallest absolute Gasteiger partial charge is 0.330 e. The predicted octanol–water partition coefficient (Wildman–Crippen LogP) is 1.85. The lowest BCUT2D eigenvalue weighted by molar-refractivity contribution is -0.137. The van der Waals surface area contributed by atoms with Gasteiger partial charge in [-0.2, -0.15) is 0 Å². The molecule has 0 aromatic heterocycles. The predicted molar refractivity (Wildman–Crippen MR) is 67.9 cm³/mol. The number of amides is 1. The van der Waals surface area contributed by atoms with E-state index < -0.39 is 0 Å². The van der Waals surface area contributed by atoms with Gasteiger partial charge >= 0.3 is 5.97 Å². The topological polar surface area (TPSA) is 46.6 Å². The van der Waals surface area contributed by atoms with E-state index in [9.17, 15) is 9.59 Å². The quantitative estimate of drug-likeness (QED) is 0.603. The van der Waals surface area contributed by atoms with Crippen molar-refractivity contribution in [1.82, 2.24) is 4.90 Å². The SMILES string of the molecule is CCOC(=O)/C=C/c1ccc2c(c1)CN(C)C2=O. The van der Waals surface area contributed by atoms with Crippen LogP contribution in [0.15, 0.2) is 24.3 Å². The molecule has 1 aromatic carbocycles. The maximum Gasteiger partial charge on any atom is 0.330 e. The van der Waals surface area contributed by atoms with Crippen LogP contribution in [0.2, 0.25) is 0 Å². The molecule has 0 unspecified atom stereocenters. The van der Waals surface area contributed by atoms with Crippen molar-refractivity contribution in [2.45, 2.75) is 13.5 Å². The zero-order valence-electron chi connectivity index (χ0n) is 10.5. The maximum absolute atomic E-state index is 11.7. The number of benzene rings is 1. The van der Waals surface area contributed by atoms with Crippen molar-refractivity contribution in [1.29, 1.82) is 0 Å². The van der Waals surface area contributed by atoms with Gasteiger partial charge in [0.15, 0.2) is 0 Å². The molecule has 2 rings (SSSR count). The van der Waals surface area contributed by atoms with E-state index in [1.807, 2.05) is 12.1 Å². The number of rotatable bonds is 3. The van der Waals surface area contributed by atoms with Crippen LogP contribution in [-0.4, -0.2) is 30.4 Å². The molecule has 1 aliphatic rings. The molecule has 0 N–H and O–H groups in total. The summed E-state index contributed by atoms with van der Waals surface area (Å²) in [6, 6.07) is 5.55. The van der Waals surface area contributed by atoms with E-state index >= 15 is 0 Å². The van der Waals surface area contributed by atoms with Gasteiger partial charge in [-0.1, -0.05) is 6.07 Å². The van der Waals surface area contributed by atoms with Gasteiger partial charge in [0.1, 0.15) is 0 Å². The lowest BCUT2D eigenvalue weighted by Crippen LogP contribution is -2.17. The summed E-state index contributed by atoms with van der Waals surface area (Å²) in [5.41, 5.74) is 2.63. The van der Waals surface area contributed by atoms with Crippen molar-refractivity contribution in [2.24, 2.45) is 0 Å². The third-order valence-electron chi connectivity index (χ3n) is 2.81. The summed E-state index contributed by atoms with van der Waals surface area (Å²) in [7, 11) is 1.77. The van der Waals surface area contributed by atoms with Crippen LogP contribution in [0.4, 0.5) is 0 Å². The molecule has 1 aliphatic heterocycles. The first-order valence-corrected chi connectivity index (χ1v) is 5.85. The molecule has 1 aromatic rings. The molecule has 0 fully saturated rings. The first-order valence-electron chi connectivity index (χ1n) is 5.85. The molecule has 1 amide bonds. The zero-order valence-corrected chi connectivity index (χ0v) is 10.5. The summed E-state index contributed by atoms with van der Waals surface area (Å²) < 4.78 is 4.80. The van der Waals surface area contributed by atoms with Crippen LogP contribution in [0.25, 0.3) is 6.08 Å². The Morgan fingerprint density at radius 1 is 1.50 bits per heavy atom. The minimum atomic E-state index is -0.355. The molecule has 0 atom stereocenters. The first kappa shape index (κ1) is 12.4. The molecule has 94 valence electrons. The number of hydrogen-bond acceptors (Lipinski definition) is 3. The Morgan fingerprint density at radius 2 is 2.28 bits per heavy atom. The highest BCUT2D eigenvalue weighted by atomic mass is 16.5. The van der Waals surface area contributed by atoms with Crippen molar-refractivity contribution < 1.29 is 14.3 Å². The number of ether oxygens (including phenoxy) is 1. The van der Waals surface area contributed by atoms with Gasteiger partial charge in [0.25, 0.3) is 5.91 Å². The molecule has 18 heavy (non-hydrogen) atoms. The molecular formula is C14H15NO3. The number of esters is 1. The highest BCUT2D eigenvalue weighted by Gasteiger charge is 2.23. The standard InChI is InChI=1S/C14H15NO3/c1-3-18-13(16)7-5-10-4-6-12-11(8-10)9-15(2)14(12)17/h4-8H,3,9H2,1-2H3/b7-5+. The second-order valence-corrected chi connectivity index (χ2v) is 4.16. The summed E-state index contributed by atoms with van der Waals surface area (Å²) in [6.45, 7) is 2.75. The normalized spacial score (nSPS) is 14.1. The van der Waals surface area contributed by atoms with E-state index in [4.69, 9.17) is 4.74 Å². The Morgan fingerprint density at radius 3 is 3.00 bits per heavy atom. The first-order chi connectivity index (χ1) is 8.61. The molecule has 4 heteroatoms. The fraction of sp³-hybridized carbons (Fsp3) is 0.286. The summed E-state index contributed by atoms with van der Waals surface area (Å²) in [6.07, 6.45) is 3.09. The molecule has 0 bridgehead atoms. The zero-order chi connectivity index (χ0) is 13.1. The van der Waals surface area contributed by atoms with Crippen LogP contribution in [0, 0.1) is 0 Å². The van der Waals surface area contributed by atoms with E-state index in [2.05, 4.69) is 0 Å². The molecule has 0 radical (unpaired) electrons. The van der Waals surface area contributed by atoms with Gasteiger partial charge in [0.2, 0.25) is 0 Å². The summed E-state index contributed by atoms with van der Waals surface area (Å²) in [4.78, 5) is 24.5. The summed E-state index contributed by atoms with van der Waals surface area (Å²) >= 11 is 0. The molecular weight excluding hydrogens is 230 g/mol. The van der Waals surface area contributed by atoms with Crippen molar-refractivity contribution in [2.75, 3.05) is 13.7 Å². The highest BCUT2D eigenvalue weighted by molar-refractivity contribution is 5.98. The third-order valence-corrected chi connectivity index (χ3v) is 2.81. The van der Waals surface area contributed by atoms with E-state index in [1.54, 1.807) is 31.0 Å². The lowest BCUT2D eigenvalue weighted by Gasteiger charge is -2.04. The molecule has 0 saturated carbocycles. The van der Waals surface area contributed by atoms with E-state index in [-0.39, 0.29) is 11.9 Å². The fourth-order valence-electron chi connectivity index (χ4n) is 1.94. The Labute approximate surface area is 106 Å². The van der Waals surface area contributed by atoms with Gasteiger partial charge in [-0.05, 0) is 36.3 Å². The fourth-order valence-corrected chi connectivity index (χ4v) is 1.94. The van der Waals surface area contributed by atoms with Gasteiger partial charge in [0.05, 0.1) is 6.61 Å². The molecule has 0 saturated heterocycles. The van der Waals surface area contributed by atoms with Crippen molar-refractivity contribution in [3.63, 3.8) is 0 Å². The second kappa shape index (κ2) is 5.04. The van der Waals surface area contributed by atoms with Gasteiger partial charge in [0, 0.05) is 25.2 Å². The average molecular weight is 245 g/mol.